The fourth-order valence-corrected chi connectivity index (χ4v) is 2.85. The molecule has 1 N–H and O–H groups in total. The van der Waals surface area contributed by atoms with E-state index in [-0.39, 0.29) is 17.7 Å². The van der Waals surface area contributed by atoms with Crippen LogP contribution in [0.5, 0.6) is 0 Å². The SMILES string of the molecule is Cc1ccc(C(C)NC(=O)CSc2ccc(F)c(F)c2)cc1C. The van der Waals surface area contributed by atoms with E-state index in [0.29, 0.717) is 4.90 Å². The zero-order valence-electron chi connectivity index (χ0n) is 13.3. The Hall–Kier alpha value is -1.88. The summed E-state index contributed by atoms with van der Waals surface area (Å²) in [6, 6.07) is 9.60. The van der Waals surface area contributed by atoms with Crippen LogP contribution < -0.4 is 5.32 Å². The normalized spacial score (nSPS) is 12.0. The molecule has 2 nitrogen and oxygen atoms in total. The minimum absolute atomic E-state index is 0.104. The van der Waals surface area contributed by atoms with E-state index < -0.39 is 11.6 Å². The molecule has 0 aliphatic rings. The summed E-state index contributed by atoms with van der Waals surface area (Å²) in [7, 11) is 0. The molecule has 0 fully saturated rings. The summed E-state index contributed by atoms with van der Waals surface area (Å²) in [5.74, 6) is -1.79. The highest BCUT2D eigenvalue weighted by Gasteiger charge is 2.11. The molecule has 0 aliphatic heterocycles. The standard InChI is InChI=1S/C18H19F2NOS/c1-11-4-5-14(8-12(11)2)13(3)21-18(22)10-23-15-6-7-16(19)17(20)9-15/h4-9,13H,10H2,1-3H3,(H,21,22). The zero-order chi connectivity index (χ0) is 17.0. The summed E-state index contributed by atoms with van der Waals surface area (Å²) in [5.41, 5.74) is 3.43. The predicted molar refractivity (Wildman–Crippen MR) is 89.6 cm³/mol. The number of carbonyl (C=O) groups excluding carboxylic acids is 1. The Balaban J connectivity index is 1.90. The molecule has 1 amide bonds. The highest BCUT2D eigenvalue weighted by Crippen LogP contribution is 2.21. The number of halogens is 2. The topological polar surface area (TPSA) is 29.1 Å². The molecule has 0 heterocycles. The molecule has 0 spiro atoms. The van der Waals surface area contributed by atoms with Crippen molar-refractivity contribution in [1.82, 2.24) is 5.32 Å². The average molecular weight is 335 g/mol. The van der Waals surface area contributed by atoms with Crippen LogP contribution in [0.3, 0.4) is 0 Å². The molecule has 2 aromatic rings. The summed E-state index contributed by atoms with van der Waals surface area (Å²) in [4.78, 5) is 12.5. The molecule has 5 heteroatoms. The monoisotopic (exact) mass is 335 g/mol. The van der Waals surface area contributed by atoms with E-state index in [4.69, 9.17) is 0 Å². The van der Waals surface area contributed by atoms with Crippen molar-refractivity contribution in [2.24, 2.45) is 0 Å². The van der Waals surface area contributed by atoms with E-state index in [1.807, 2.05) is 32.9 Å². The van der Waals surface area contributed by atoms with Crippen molar-refractivity contribution in [3.05, 3.63) is 64.7 Å². The maximum Gasteiger partial charge on any atom is 0.230 e. The number of aryl methyl sites for hydroxylation is 2. The van der Waals surface area contributed by atoms with E-state index in [9.17, 15) is 13.6 Å². The van der Waals surface area contributed by atoms with Gasteiger partial charge in [-0.25, -0.2) is 8.78 Å². The quantitative estimate of drug-likeness (QED) is 0.812. The van der Waals surface area contributed by atoms with Gasteiger partial charge in [-0.2, -0.15) is 0 Å². The van der Waals surface area contributed by atoms with Gasteiger partial charge < -0.3 is 5.32 Å². The van der Waals surface area contributed by atoms with Gasteiger partial charge in [0.05, 0.1) is 11.8 Å². The van der Waals surface area contributed by atoms with Gasteiger partial charge in [0.15, 0.2) is 11.6 Å². The van der Waals surface area contributed by atoms with Crippen LogP contribution >= 0.6 is 11.8 Å². The minimum atomic E-state index is -0.904. The van der Waals surface area contributed by atoms with Gasteiger partial charge in [-0.05, 0) is 55.7 Å². The average Bonchev–Trinajstić information content (AvgIpc) is 2.51. The van der Waals surface area contributed by atoms with Crippen LogP contribution in [0.1, 0.15) is 29.7 Å². The zero-order valence-corrected chi connectivity index (χ0v) is 14.1. The number of hydrogen-bond donors (Lipinski definition) is 1. The molecular weight excluding hydrogens is 316 g/mol. The Bertz CT molecular complexity index is 718. The highest BCUT2D eigenvalue weighted by molar-refractivity contribution is 8.00. The Labute approximate surface area is 139 Å². The second-order valence-electron chi connectivity index (χ2n) is 5.50. The minimum Gasteiger partial charge on any atom is -0.349 e. The van der Waals surface area contributed by atoms with Crippen LogP contribution in [0.15, 0.2) is 41.3 Å². The number of hydrogen-bond acceptors (Lipinski definition) is 2. The second-order valence-corrected chi connectivity index (χ2v) is 6.55. The summed E-state index contributed by atoms with van der Waals surface area (Å²) >= 11 is 1.18. The van der Waals surface area contributed by atoms with Gasteiger partial charge in [0.2, 0.25) is 5.91 Å². The first kappa shape index (κ1) is 17.5. The van der Waals surface area contributed by atoms with E-state index >= 15 is 0 Å². The van der Waals surface area contributed by atoms with Gasteiger partial charge in [0.1, 0.15) is 0 Å². The number of carbonyl (C=O) groups is 1. The van der Waals surface area contributed by atoms with Crippen molar-refractivity contribution in [3.8, 4) is 0 Å². The molecule has 0 saturated carbocycles. The van der Waals surface area contributed by atoms with Crippen LogP contribution in [0.4, 0.5) is 8.78 Å². The van der Waals surface area contributed by atoms with Crippen molar-refractivity contribution >= 4 is 17.7 Å². The predicted octanol–water partition coefficient (Wildman–Crippen LogP) is 4.55. The van der Waals surface area contributed by atoms with Crippen molar-refractivity contribution in [2.45, 2.75) is 31.7 Å². The van der Waals surface area contributed by atoms with Crippen LogP contribution in [-0.4, -0.2) is 11.7 Å². The summed E-state index contributed by atoms with van der Waals surface area (Å²) < 4.78 is 26.0. The lowest BCUT2D eigenvalue weighted by molar-refractivity contribution is -0.119. The van der Waals surface area contributed by atoms with Crippen molar-refractivity contribution < 1.29 is 13.6 Å². The summed E-state index contributed by atoms with van der Waals surface area (Å²) in [6.07, 6.45) is 0. The van der Waals surface area contributed by atoms with Crippen LogP contribution in [0, 0.1) is 25.5 Å². The molecule has 0 radical (unpaired) electrons. The van der Waals surface area contributed by atoms with Gasteiger partial charge in [-0.1, -0.05) is 18.2 Å². The molecule has 2 aromatic carbocycles. The van der Waals surface area contributed by atoms with Crippen LogP contribution in [-0.2, 0) is 4.79 Å². The largest absolute Gasteiger partial charge is 0.349 e. The van der Waals surface area contributed by atoms with Crippen molar-refractivity contribution in [3.63, 3.8) is 0 Å². The molecule has 1 atom stereocenters. The molecule has 0 aromatic heterocycles. The first-order chi connectivity index (χ1) is 10.9. The molecule has 122 valence electrons. The molecule has 0 aliphatic carbocycles. The Kier molecular flexibility index (Phi) is 5.77. The summed E-state index contributed by atoms with van der Waals surface area (Å²) in [6.45, 7) is 6.00. The van der Waals surface area contributed by atoms with Gasteiger partial charge in [-0.15, -0.1) is 11.8 Å². The number of rotatable bonds is 5. The smallest absolute Gasteiger partial charge is 0.230 e. The van der Waals surface area contributed by atoms with E-state index in [1.165, 1.54) is 29.0 Å². The lowest BCUT2D eigenvalue weighted by Gasteiger charge is -2.15. The third-order valence-corrected chi connectivity index (χ3v) is 4.66. The molecule has 0 bridgehead atoms. The van der Waals surface area contributed by atoms with Crippen molar-refractivity contribution in [1.29, 1.82) is 0 Å². The van der Waals surface area contributed by atoms with Crippen molar-refractivity contribution in [2.75, 3.05) is 5.75 Å². The molecule has 0 saturated heterocycles. The van der Waals surface area contributed by atoms with Gasteiger partial charge in [0, 0.05) is 4.90 Å². The number of nitrogens with one attached hydrogen (secondary N) is 1. The Morgan fingerprint density at radius 3 is 2.48 bits per heavy atom. The summed E-state index contributed by atoms with van der Waals surface area (Å²) in [5, 5.41) is 2.91. The molecule has 23 heavy (non-hydrogen) atoms. The Morgan fingerprint density at radius 1 is 1.09 bits per heavy atom. The van der Waals surface area contributed by atoms with Gasteiger partial charge in [-0.3, -0.25) is 4.79 Å². The van der Waals surface area contributed by atoms with E-state index in [0.717, 1.165) is 17.7 Å². The lowest BCUT2D eigenvalue weighted by Crippen LogP contribution is -2.28. The highest BCUT2D eigenvalue weighted by atomic mass is 32.2. The van der Waals surface area contributed by atoms with E-state index in [2.05, 4.69) is 11.4 Å². The first-order valence-electron chi connectivity index (χ1n) is 7.31. The number of thioether (sulfide) groups is 1. The molecular formula is C18H19F2NOS. The second kappa shape index (κ2) is 7.59. The maximum absolute atomic E-state index is 13.1. The Morgan fingerprint density at radius 2 is 1.83 bits per heavy atom. The van der Waals surface area contributed by atoms with Crippen LogP contribution in [0.25, 0.3) is 0 Å². The van der Waals surface area contributed by atoms with Gasteiger partial charge >= 0.3 is 0 Å². The van der Waals surface area contributed by atoms with Crippen LogP contribution in [0.2, 0.25) is 0 Å². The third kappa shape index (κ3) is 4.79. The third-order valence-electron chi connectivity index (χ3n) is 3.67. The number of benzene rings is 2. The first-order valence-corrected chi connectivity index (χ1v) is 8.29. The van der Waals surface area contributed by atoms with E-state index in [1.54, 1.807) is 0 Å². The maximum atomic E-state index is 13.1. The fourth-order valence-electron chi connectivity index (χ4n) is 2.12. The molecule has 2 rings (SSSR count). The number of amides is 1. The fraction of sp³-hybridized carbons (Fsp3) is 0.278. The lowest BCUT2D eigenvalue weighted by atomic mass is 10.0. The van der Waals surface area contributed by atoms with Gasteiger partial charge in [0.25, 0.3) is 0 Å². The molecule has 1 unspecified atom stereocenters.